The Hall–Kier alpha value is -1.07. The van der Waals surface area contributed by atoms with Crippen LogP contribution in [0.3, 0.4) is 0 Å². The third kappa shape index (κ3) is 3.71. The molecule has 1 atom stereocenters. The van der Waals surface area contributed by atoms with Gasteiger partial charge in [0.05, 0.1) is 6.26 Å². The van der Waals surface area contributed by atoms with E-state index < -0.39 is 10.0 Å². The quantitative estimate of drug-likeness (QED) is 0.856. The number of fused-ring (bicyclic) bond motifs is 1. The number of hydrogen-bond donors (Lipinski definition) is 2. The predicted octanol–water partition coefficient (Wildman–Crippen LogP) is 1.35. The summed E-state index contributed by atoms with van der Waals surface area (Å²) in [5, 5.41) is 3.41. The standard InChI is InChI=1S/C12H18N2O2S/c1-17(15,16)13-9-11-7-4-6-10-5-2-3-8-12(10)14-11/h2-3,5,8,11,13-14H,4,6-7,9H2,1H3. The molecule has 0 fully saturated rings. The molecule has 5 heteroatoms. The van der Waals surface area contributed by atoms with Crippen molar-refractivity contribution in [2.24, 2.45) is 0 Å². The molecule has 1 aromatic carbocycles. The van der Waals surface area contributed by atoms with Crippen molar-refractivity contribution < 1.29 is 8.42 Å². The maximum absolute atomic E-state index is 11.1. The van der Waals surface area contributed by atoms with Crippen molar-refractivity contribution in [2.45, 2.75) is 25.3 Å². The van der Waals surface area contributed by atoms with Crippen molar-refractivity contribution in [1.29, 1.82) is 0 Å². The van der Waals surface area contributed by atoms with Crippen LogP contribution in [0.4, 0.5) is 5.69 Å². The van der Waals surface area contributed by atoms with Crippen molar-refractivity contribution >= 4 is 15.7 Å². The first-order valence-electron chi connectivity index (χ1n) is 5.84. The van der Waals surface area contributed by atoms with Crippen LogP contribution in [0.2, 0.25) is 0 Å². The number of para-hydroxylation sites is 1. The van der Waals surface area contributed by atoms with Gasteiger partial charge in [0.1, 0.15) is 0 Å². The first-order chi connectivity index (χ1) is 8.04. The van der Waals surface area contributed by atoms with E-state index in [2.05, 4.69) is 16.1 Å². The minimum Gasteiger partial charge on any atom is -0.381 e. The Labute approximate surface area is 102 Å². The van der Waals surface area contributed by atoms with Crippen LogP contribution in [-0.2, 0) is 16.4 Å². The molecule has 1 aliphatic heterocycles. The number of anilines is 1. The smallest absolute Gasteiger partial charge is 0.208 e. The lowest BCUT2D eigenvalue weighted by Crippen LogP contribution is -2.35. The second-order valence-corrected chi connectivity index (χ2v) is 6.34. The molecule has 0 saturated carbocycles. The van der Waals surface area contributed by atoms with E-state index in [-0.39, 0.29) is 6.04 Å². The normalized spacial score (nSPS) is 20.2. The number of hydrogen-bond acceptors (Lipinski definition) is 3. The number of benzene rings is 1. The number of sulfonamides is 1. The van der Waals surface area contributed by atoms with Crippen molar-refractivity contribution in [3.05, 3.63) is 29.8 Å². The van der Waals surface area contributed by atoms with Gasteiger partial charge < -0.3 is 5.32 Å². The predicted molar refractivity (Wildman–Crippen MR) is 69.6 cm³/mol. The van der Waals surface area contributed by atoms with E-state index >= 15 is 0 Å². The molecule has 0 saturated heterocycles. The highest BCUT2D eigenvalue weighted by Crippen LogP contribution is 2.23. The third-order valence-corrected chi connectivity index (χ3v) is 3.66. The molecule has 1 heterocycles. The van der Waals surface area contributed by atoms with Crippen LogP contribution >= 0.6 is 0 Å². The van der Waals surface area contributed by atoms with Crippen LogP contribution in [0.5, 0.6) is 0 Å². The summed E-state index contributed by atoms with van der Waals surface area (Å²) in [5.74, 6) is 0. The maximum Gasteiger partial charge on any atom is 0.208 e. The van der Waals surface area contributed by atoms with Crippen LogP contribution in [0.25, 0.3) is 0 Å². The minimum atomic E-state index is -3.10. The molecular formula is C12H18N2O2S. The summed E-state index contributed by atoms with van der Waals surface area (Å²) in [5.41, 5.74) is 2.44. The van der Waals surface area contributed by atoms with E-state index in [0.29, 0.717) is 6.54 Å². The van der Waals surface area contributed by atoms with Gasteiger partial charge in [-0.15, -0.1) is 0 Å². The fraction of sp³-hybridized carbons (Fsp3) is 0.500. The van der Waals surface area contributed by atoms with E-state index in [9.17, 15) is 8.42 Å². The van der Waals surface area contributed by atoms with Gasteiger partial charge in [0.15, 0.2) is 0 Å². The van der Waals surface area contributed by atoms with Gasteiger partial charge in [0.2, 0.25) is 10.0 Å². The van der Waals surface area contributed by atoms with Crippen molar-refractivity contribution in [1.82, 2.24) is 4.72 Å². The Kier molecular flexibility index (Phi) is 3.69. The second-order valence-electron chi connectivity index (χ2n) is 4.51. The highest BCUT2D eigenvalue weighted by atomic mass is 32.2. The molecule has 2 N–H and O–H groups in total. The van der Waals surface area contributed by atoms with Crippen LogP contribution < -0.4 is 10.0 Å². The molecule has 0 bridgehead atoms. The Balaban J connectivity index is 2.03. The molecule has 0 aliphatic carbocycles. The maximum atomic E-state index is 11.1. The Morgan fingerprint density at radius 3 is 2.94 bits per heavy atom. The molecule has 1 aliphatic rings. The lowest BCUT2D eigenvalue weighted by molar-refractivity contribution is 0.568. The van der Waals surface area contributed by atoms with Crippen LogP contribution in [0.15, 0.2) is 24.3 Å². The largest absolute Gasteiger partial charge is 0.381 e. The van der Waals surface area contributed by atoms with Gasteiger partial charge in [-0.3, -0.25) is 0 Å². The van der Waals surface area contributed by atoms with E-state index in [1.54, 1.807) is 0 Å². The summed E-state index contributed by atoms with van der Waals surface area (Å²) >= 11 is 0. The first-order valence-corrected chi connectivity index (χ1v) is 7.73. The summed E-state index contributed by atoms with van der Waals surface area (Å²) in [6.07, 6.45) is 4.31. The highest BCUT2D eigenvalue weighted by Gasteiger charge is 2.16. The van der Waals surface area contributed by atoms with Gasteiger partial charge in [0.25, 0.3) is 0 Å². The summed E-state index contributed by atoms with van der Waals surface area (Å²) in [4.78, 5) is 0. The van der Waals surface area contributed by atoms with Crippen LogP contribution in [0, 0.1) is 0 Å². The Morgan fingerprint density at radius 2 is 2.18 bits per heavy atom. The summed E-state index contributed by atoms with van der Waals surface area (Å²) in [6.45, 7) is 0.452. The average molecular weight is 254 g/mol. The lowest BCUT2D eigenvalue weighted by Gasteiger charge is -2.18. The van der Waals surface area contributed by atoms with E-state index in [1.165, 1.54) is 11.8 Å². The minimum absolute atomic E-state index is 0.174. The van der Waals surface area contributed by atoms with Crippen molar-refractivity contribution in [3.8, 4) is 0 Å². The molecule has 94 valence electrons. The molecule has 0 aromatic heterocycles. The molecule has 17 heavy (non-hydrogen) atoms. The van der Waals surface area contributed by atoms with Gasteiger partial charge in [-0.2, -0.15) is 0 Å². The molecule has 2 rings (SSSR count). The highest BCUT2D eigenvalue weighted by molar-refractivity contribution is 7.88. The summed E-state index contributed by atoms with van der Waals surface area (Å²) < 4.78 is 24.7. The van der Waals surface area contributed by atoms with E-state index in [1.807, 2.05) is 18.2 Å². The van der Waals surface area contributed by atoms with Gasteiger partial charge in [0, 0.05) is 18.3 Å². The number of rotatable bonds is 3. The summed E-state index contributed by atoms with van der Waals surface area (Å²) in [6, 6.07) is 8.38. The zero-order valence-electron chi connectivity index (χ0n) is 9.94. The fourth-order valence-electron chi connectivity index (χ4n) is 2.12. The fourth-order valence-corrected chi connectivity index (χ4v) is 2.62. The molecule has 0 amide bonds. The van der Waals surface area contributed by atoms with Gasteiger partial charge >= 0.3 is 0 Å². The molecular weight excluding hydrogens is 236 g/mol. The molecule has 0 radical (unpaired) electrons. The average Bonchev–Trinajstić information content (AvgIpc) is 2.47. The molecule has 0 spiro atoms. The third-order valence-electron chi connectivity index (χ3n) is 2.97. The Bertz CT molecular complexity index is 485. The van der Waals surface area contributed by atoms with Gasteiger partial charge in [-0.25, -0.2) is 13.1 Å². The zero-order valence-corrected chi connectivity index (χ0v) is 10.8. The zero-order chi connectivity index (χ0) is 12.3. The molecule has 4 nitrogen and oxygen atoms in total. The van der Waals surface area contributed by atoms with Crippen LogP contribution in [-0.4, -0.2) is 27.3 Å². The molecule has 1 unspecified atom stereocenters. The van der Waals surface area contributed by atoms with Crippen molar-refractivity contribution in [3.63, 3.8) is 0 Å². The summed E-state index contributed by atoms with van der Waals surface area (Å²) in [7, 11) is -3.10. The Morgan fingerprint density at radius 1 is 1.41 bits per heavy atom. The van der Waals surface area contributed by atoms with Gasteiger partial charge in [-0.05, 0) is 30.9 Å². The first kappa shape index (κ1) is 12.4. The van der Waals surface area contributed by atoms with E-state index in [0.717, 1.165) is 24.9 Å². The topological polar surface area (TPSA) is 58.2 Å². The van der Waals surface area contributed by atoms with Crippen molar-refractivity contribution in [2.75, 3.05) is 18.1 Å². The molecule has 1 aromatic rings. The van der Waals surface area contributed by atoms with Crippen LogP contribution in [0.1, 0.15) is 18.4 Å². The number of nitrogens with one attached hydrogen (secondary N) is 2. The lowest BCUT2D eigenvalue weighted by atomic mass is 10.1. The monoisotopic (exact) mass is 254 g/mol. The van der Waals surface area contributed by atoms with Gasteiger partial charge in [-0.1, -0.05) is 18.2 Å². The SMILES string of the molecule is CS(=O)(=O)NCC1CCCc2ccccc2N1. The second kappa shape index (κ2) is 5.06. The van der Waals surface area contributed by atoms with E-state index in [4.69, 9.17) is 0 Å². The number of aryl methyl sites for hydroxylation is 1.